The first-order valence-electron chi connectivity index (χ1n) is 12.2. The van der Waals surface area contributed by atoms with Gasteiger partial charge in [0.25, 0.3) is 0 Å². The Hall–Kier alpha value is -1.38. The molecule has 200 valence electrons. The largest absolute Gasteiger partial charge is 0.379 e. The number of carbonyl (C=O) groups is 1. The number of carbonyl (C=O) groups excluding carboxylic acids is 1. The average Bonchev–Trinajstić information content (AvgIpc) is 3.31. The van der Waals surface area contributed by atoms with E-state index in [4.69, 9.17) is 37.4 Å². The van der Waals surface area contributed by atoms with E-state index in [0.717, 1.165) is 37.2 Å². The van der Waals surface area contributed by atoms with Gasteiger partial charge in [-0.05, 0) is 36.6 Å². The zero-order valence-corrected chi connectivity index (χ0v) is 23.4. The van der Waals surface area contributed by atoms with Crippen LogP contribution in [-0.4, -0.2) is 81.5 Å². The number of hydrogen-bond donors (Lipinski definition) is 0. The predicted molar refractivity (Wildman–Crippen MR) is 147 cm³/mol. The quantitative estimate of drug-likeness (QED) is 0.294. The molecule has 0 N–H and O–H groups in total. The maximum atomic E-state index is 13.2. The van der Waals surface area contributed by atoms with Gasteiger partial charge in [-0.25, -0.2) is 0 Å². The number of hydrogen-bond acceptors (Lipinski definition) is 5. The van der Waals surface area contributed by atoms with E-state index in [-0.39, 0.29) is 36.9 Å². The highest BCUT2D eigenvalue weighted by Gasteiger charge is 2.29. The highest BCUT2D eigenvalue weighted by Crippen LogP contribution is 2.26. The van der Waals surface area contributed by atoms with Crippen LogP contribution in [0.3, 0.4) is 0 Å². The molecule has 1 aliphatic rings. The van der Waals surface area contributed by atoms with Gasteiger partial charge in [0, 0.05) is 33.3 Å². The molecule has 2 atom stereocenters. The molecule has 0 saturated carbocycles. The Morgan fingerprint density at radius 2 is 1.78 bits per heavy atom. The molecule has 9 heteroatoms. The van der Waals surface area contributed by atoms with Crippen molar-refractivity contribution in [3.63, 3.8) is 0 Å². The molecule has 1 amide bonds. The molecular weight excluding hydrogens is 523 g/mol. The molecule has 3 rings (SSSR count). The van der Waals surface area contributed by atoms with Crippen molar-refractivity contribution in [2.45, 2.75) is 31.9 Å². The Morgan fingerprint density at radius 1 is 1.06 bits per heavy atom. The van der Waals surface area contributed by atoms with Crippen molar-refractivity contribution in [3.8, 4) is 0 Å². The number of benzene rings is 2. The number of halogens is 3. The van der Waals surface area contributed by atoms with Crippen molar-refractivity contribution in [2.75, 3.05) is 59.7 Å². The predicted octanol–water partition coefficient (Wildman–Crippen LogP) is 5.30. The van der Waals surface area contributed by atoms with Crippen LogP contribution in [0.1, 0.15) is 30.5 Å². The van der Waals surface area contributed by atoms with Crippen molar-refractivity contribution in [2.24, 2.45) is 0 Å². The van der Waals surface area contributed by atoms with Gasteiger partial charge in [0.05, 0.1) is 55.0 Å². The number of likely N-dealkylation sites (N-methyl/N-ethyl adjacent to an activating group) is 1. The third-order valence-corrected chi connectivity index (χ3v) is 6.94. The summed E-state index contributed by atoms with van der Waals surface area (Å²) in [6, 6.07) is 15.5. The van der Waals surface area contributed by atoms with Crippen LogP contribution in [0, 0.1) is 0 Å². The fourth-order valence-electron chi connectivity index (χ4n) is 4.23. The number of nitrogens with zero attached hydrogens (tertiary/aromatic N) is 2. The number of amides is 1. The molecule has 0 bridgehead atoms. The molecule has 0 aliphatic carbocycles. The maximum absolute atomic E-state index is 13.2. The second kappa shape index (κ2) is 16.5. The van der Waals surface area contributed by atoms with E-state index in [1.54, 1.807) is 12.1 Å². The second-order valence-corrected chi connectivity index (χ2v) is 9.52. The van der Waals surface area contributed by atoms with Crippen LogP contribution in [0.2, 0.25) is 10.0 Å². The lowest BCUT2D eigenvalue weighted by molar-refractivity contribution is -0.131. The summed E-state index contributed by atoms with van der Waals surface area (Å²) in [6.45, 7) is 7.57. The number of likely N-dealkylation sites (tertiary alicyclic amines) is 1. The van der Waals surface area contributed by atoms with Crippen molar-refractivity contribution in [3.05, 3.63) is 69.7 Å². The third-order valence-electron chi connectivity index (χ3n) is 6.20. The van der Waals surface area contributed by atoms with Crippen LogP contribution < -0.4 is 0 Å². The molecule has 2 aromatic carbocycles. The minimum absolute atomic E-state index is 0. The van der Waals surface area contributed by atoms with Gasteiger partial charge in [0.15, 0.2) is 0 Å². The van der Waals surface area contributed by atoms with Crippen molar-refractivity contribution in [1.82, 2.24) is 9.80 Å². The standard InChI is InChI=1S/C27H36Cl2N2O4.ClH/c1-3-33-13-14-34-15-16-35-23-11-12-31(19-23)20-26(22-7-5-4-6-8-22)30(2)27(32)18-21-9-10-24(28)25(29)17-21;/h4-10,17,23,26H,3,11-16,18-20H2,1-2H3;1H/t23-,26?;/m0./s1. The van der Waals surface area contributed by atoms with Crippen molar-refractivity contribution < 1.29 is 19.0 Å². The van der Waals surface area contributed by atoms with E-state index in [9.17, 15) is 4.79 Å². The lowest BCUT2D eigenvalue weighted by Gasteiger charge is -2.32. The normalized spacial score (nSPS) is 16.5. The summed E-state index contributed by atoms with van der Waals surface area (Å²) in [4.78, 5) is 17.4. The number of rotatable bonds is 14. The molecule has 0 aromatic heterocycles. The zero-order valence-electron chi connectivity index (χ0n) is 21.0. The Morgan fingerprint density at radius 3 is 2.50 bits per heavy atom. The Labute approximate surface area is 231 Å². The van der Waals surface area contributed by atoms with E-state index < -0.39 is 0 Å². The molecule has 36 heavy (non-hydrogen) atoms. The molecule has 1 aliphatic heterocycles. The summed E-state index contributed by atoms with van der Waals surface area (Å²) in [5.74, 6) is 0.0356. The molecule has 1 heterocycles. The second-order valence-electron chi connectivity index (χ2n) is 8.71. The SMILES string of the molecule is CCOCCOCCO[C@H]1CCN(CC(c2ccccc2)N(C)C(=O)Cc2ccc(Cl)c(Cl)c2)C1.Cl. The van der Waals surface area contributed by atoms with Gasteiger partial charge in [-0.3, -0.25) is 9.69 Å². The first-order valence-corrected chi connectivity index (χ1v) is 13.0. The van der Waals surface area contributed by atoms with E-state index in [1.807, 2.05) is 43.1 Å². The summed E-state index contributed by atoms with van der Waals surface area (Å²) < 4.78 is 16.8. The van der Waals surface area contributed by atoms with Crippen LogP contribution in [0.15, 0.2) is 48.5 Å². The van der Waals surface area contributed by atoms with Crippen LogP contribution in [0.25, 0.3) is 0 Å². The van der Waals surface area contributed by atoms with Crippen LogP contribution in [0.4, 0.5) is 0 Å². The van der Waals surface area contributed by atoms with Gasteiger partial charge < -0.3 is 19.1 Å². The fourth-order valence-corrected chi connectivity index (χ4v) is 4.55. The molecule has 2 aromatic rings. The molecule has 0 radical (unpaired) electrons. The van der Waals surface area contributed by atoms with E-state index in [0.29, 0.717) is 43.1 Å². The highest BCUT2D eigenvalue weighted by molar-refractivity contribution is 6.42. The Balaban J connectivity index is 0.00000456. The van der Waals surface area contributed by atoms with Crippen molar-refractivity contribution in [1.29, 1.82) is 0 Å². The van der Waals surface area contributed by atoms with E-state index >= 15 is 0 Å². The molecule has 1 fully saturated rings. The topological polar surface area (TPSA) is 51.2 Å². The Kier molecular flexibility index (Phi) is 14.1. The highest BCUT2D eigenvalue weighted by atomic mass is 35.5. The van der Waals surface area contributed by atoms with E-state index in [1.165, 1.54) is 0 Å². The lowest BCUT2D eigenvalue weighted by Crippen LogP contribution is -2.39. The Bertz CT molecular complexity index is 919. The molecule has 1 saturated heterocycles. The minimum atomic E-state index is -0.0629. The van der Waals surface area contributed by atoms with Gasteiger partial charge in [-0.1, -0.05) is 59.6 Å². The molecule has 1 unspecified atom stereocenters. The minimum Gasteiger partial charge on any atom is -0.379 e. The fraction of sp³-hybridized carbons (Fsp3) is 0.519. The van der Waals surface area contributed by atoms with Crippen LogP contribution in [-0.2, 0) is 25.4 Å². The first kappa shape index (κ1) is 30.8. The van der Waals surface area contributed by atoms with Gasteiger partial charge >= 0.3 is 0 Å². The summed E-state index contributed by atoms with van der Waals surface area (Å²) in [7, 11) is 1.88. The summed E-state index contributed by atoms with van der Waals surface area (Å²) >= 11 is 12.2. The zero-order chi connectivity index (χ0) is 25.0. The molecule has 6 nitrogen and oxygen atoms in total. The summed E-state index contributed by atoms with van der Waals surface area (Å²) in [5, 5.41) is 0.947. The molecule has 0 spiro atoms. The van der Waals surface area contributed by atoms with Crippen LogP contribution in [0.5, 0.6) is 0 Å². The lowest BCUT2D eigenvalue weighted by atomic mass is 10.0. The average molecular weight is 560 g/mol. The molecular formula is C27H37Cl3N2O4. The van der Waals surface area contributed by atoms with Crippen molar-refractivity contribution >= 4 is 41.5 Å². The first-order chi connectivity index (χ1) is 17.0. The van der Waals surface area contributed by atoms with Gasteiger partial charge in [0.1, 0.15) is 0 Å². The number of ether oxygens (including phenoxy) is 3. The van der Waals surface area contributed by atoms with E-state index in [2.05, 4.69) is 17.0 Å². The summed E-state index contributed by atoms with van der Waals surface area (Å²) in [6.07, 6.45) is 1.42. The van der Waals surface area contributed by atoms with Gasteiger partial charge in [-0.15, -0.1) is 12.4 Å². The summed E-state index contributed by atoms with van der Waals surface area (Å²) in [5.41, 5.74) is 1.96. The van der Waals surface area contributed by atoms with Crippen LogP contribution >= 0.6 is 35.6 Å². The maximum Gasteiger partial charge on any atom is 0.227 e. The van der Waals surface area contributed by atoms with Gasteiger partial charge in [0.2, 0.25) is 5.91 Å². The smallest absolute Gasteiger partial charge is 0.227 e. The monoisotopic (exact) mass is 558 g/mol. The third kappa shape index (κ3) is 9.82. The van der Waals surface area contributed by atoms with Gasteiger partial charge in [-0.2, -0.15) is 0 Å².